The van der Waals surface area contributed by atoms with E-state index in [0.29, 0.717) is 6.42 Å². The molecule has 9 nitrogen and oxygen atoms in total. The molecule has 0 aromatic carbocycles. The first-order valence-electron chi connectivity index (χ1n) is 21.6. The fourth-order valence-corrected chi connectivity index (χ4v) is 6.74. The molecular weight excluding hydrogens is 658 g/mol. The maximum atomic E-state index is 12.9. The molecule has 52 heavy (non-hydrogen) atoms. The Morgan fingerprint density at radius 1 is 0.635 bits per heavy atom. The third-order valence-electron chi connectivity index (χ3n) is 10.3. The fourth-order valence-electron chi connectivity index (χ4n) is 6.74. The lowest BCUT2D eigenvalue weighted by molar-refractivity contribution is -0.302. The number of allylic oxidation sites excluding steroid dienone is 3. The Morgan fingerprint density at radius 2 is 1.08 bits per heavy atom. The molecule has 0 bridgehead atoms. The van der Waals surface area contributed by atoms with Crippen LogP contribution in [0.3, 0.4) is 0 Å². The van der Waals surface area contributed by atoms with Crippen LogP contribution in [0.2, 0.25) is 0 Å². The average molecular weight is 740 g/mol. The van der Waals surface area contributed by atoms with Gasteiger partial charge in [-0.15, -0.1) is 0 Å². The van der Waals surface area contributed by atoms with Crippen molar-refractivity contribution in [2.75, 3.05) is 13.2 Å². The lowest BCUT2D eigenvalue weighted by Gasteiger charge is -2.40. The number of ether oxygens (including phenoxy) is 2. The van der Waals surface area contributed by atoms with Crippen molar-refractivity contribution in [3.63, 3.8) is 0 Å². The summed E-state index contributed by atoms with van der Waals surface area (Å²) in [7, 11) is 0. The highest BCUT2D eigenvalue weighted by Gasteiger charge is 2.44. The Labute approximate surface area is 318 Å². The van der Waals surface area contributed by atoms with Crippen molar-refractivity contribution in [3.8, 4) is 0 Å². The van der Waals surface area contributed by atoms with Gasteiger partial charge >= 0.3 is 0 Å². The summed E-state index contributed by atoms with van der Waals surface area (Å²) in [5.74, 6) is -0.187. The van der Waals surface area contributed by atoms with Crippen molar-refractivity contribution >= 4 is 5.91 Å². The van der Waals surface area contributed by atoms with E-state index in [0.717, 1.165) is 57.8 Å². The third-order valence-corrected chi connectivity index (χ3v) is 10.3. The van der Waals surface area contributed by atoms with Crippen LogP contribution in [-0.2, 0) is 14.3 Å². The molecule has 1 aliphatic rings. The molecular formula is C43H81NO8. The van der Waals surface area contributed by atoms with Gasteiger partial charge in [0.2, 0.25) is 5.91 Å². The standard InChI is InChI=1S/C43H81NO8/c1-3-5-7-9-11-13-15-16-17-18-19-20-21-23-25-27-29-31-33-39(47)44-36(35-51-43-42(50)41(49)40(48)38(34-45)52-43)37(46)32-30-28-26-24-22-14-12-10-8-6-4-2/h19-20,30,32,36-38,40-43,45-46,48-50H,3-18,21-29,31,33-35H2,1-2H3,(H,44,47)/b20-19-,32-30+. The first-order chi connectivity index (χ1) is 25.3. The van der Waals surface area contributed by atoms with Crippen LogP contribution in [-0.4, -0.2) is 87.5 Å². The summed E-state index contributed by atoms with van der Waals surface area (Å²) in [6, 6.07) is -0.804. The smallest absolute Gasteiger partial charge is 0.220 e. The lowest BCUT2D eigenvalue weighted by atomic mass is 9.99. The minimum absolute atomic E-state index is 0.187. The number of rotatable bonds is 35. The molecule has 0 radical (unpaired) electrons. The van der Waals surface area contributed by atoms with E-state index < -0.39 is 49.5 Å². The maximum Gasteiger partial charge on any atom is 0.220 e. The van der Waals surface area contributed by atoms with Crippen molar-refractivity contribution in [1.29, 1.82) is 0 Å². The normalized spacial score (nSPS) is 22.0. The van der Waals surface area contributed by atoms with Gasteiger partial charge in [0, 0.05) is 6.42 Å². The molecule has 0 spiro atoms. The van der Waals surface area contributed by atoms with Crippen molar-refractivity contribution in [2.24, 2.45) is 0 Å². The molecule has 7 atom stereocenters. The highest BCUT2D eigenvalue weighted by molar-refractivity contribution is 5.76. The van der Waals surface area contributed by atoms with E-state index in [4.69, 9.17) is 9.47 Å². The number of hydrogen-bond acceptors (Lipinski definition) is 8. The SMILES string of the molecule is CCCCCCCCCCC/C=C\CCCCCCCC(=O)NC(COC1OC(CO)C(O)C(O)C1O)C(O)/C=C/CCCCCCCCCCC. The zero-order valence-electron chi connectivity index (χ0n) is 33.3. The zero-order chi connectivity index (χ0) is 38.1. The largest absolute Gasteiger partial charge is 0.394 e. The number of aliphatic hydroxyl groups is 5. The van der Waals surface area contributed by atoms with E-state index in [1.807, 2.05) is 6.08 Å². The molecule has 1 amide bonds. The van der Waals surface area contributed by atoms with Gasteiger partial charge in [-0.1, -0.05) is 160 Å². The van der Waals surface area contributed by atoms with Gasteiger partial charge in [-0.3, -0.25) is 4.79 Å². The van der Waals surface area contributed by atoms with Gasteiger partial charge in [0.25, 0.3) is 0 Å². The molecule has 0 aliphatic carbocycles. The highest BCUT2D eigenvalue weighted by Crippen LogP contribution is 2.22. The molecule has 1 heterocycles. The van der Waals surface area contributed by atoms with Crippen molar-refractivity contribution in [2.45, 2.75) is 230 Å². The third kappa shape index (κ3) is 24.9. The summed E-state index contributed by atoms with van der Waals surface area (Å²) in [5, 5.41) is 54.0. The van der Waals surface area contributed by atoms with Crippen LogP contribution in [0.5, 0.6) is 0 Å². The molecule has 0 saturated carbocycles. The molecule has 6 N–H and O–H groups in total. The summed E-state index contributed by atoms with van der Waals surface area (Å²) in [6.45, 7) is 3.74. The summed E-state index contributed by atoms with van der Waals surface area (Å²) >= 11 is 0. The molecule has 1 saturated heterocycles. The molecule has 0 aromatic rings. The van der Waals surface area contributed by atoms with Crippen molar-refractivity contribution in [1.82, 2.24) is 5.32 Å². The van der Waals surface area contributed by atoms with Crippen LogP contribution >= 0.6 is 0 Å². The molecule has 9 heteroatoms. The Bertz CT molecular complexity index is 868. The van der Waals surface area contributed by atoms with Crippen LogP contribution in [0, 0.1) is 0 Å². The van der Waals surface area contributed by atoms with Gasteiger partial charge in [-0.25, -0.2) is 0 Å². The van der Waals surface area contributed by atoms with E-state index in [-0.39, 0.29) is 12.5 Å². The quantitative estimate of drug-likeness (QED) is 0.0281. The van der Waals surface area contributed by atoms with Gasteiger partial charge in [0.15, 0.2) is 6.29 Å². The van der Waals surface area contributed by atoms with E-state index in [2.05, 4.69) is 31.3 Å². The maximum absolute atomic E-state index is 12.9. The Morgan fingerprint density at radius 3 is 1.56 bits per heavy atom. The van der Waals surface area contributed by atoms with Gasteiger partial charge in [-0.2, -0.15) is 0 Å². The number of carbonyl (C=O) groups excluding carboxylic acids is 1. The Balaban J connectivity index is 2.37. The summed E-state index contributed by atoms with van der Waals surface area (Å²) < 4.78 is 11.2. The summed E-state index contributed by atoms with van der Waals surface area (Å²) in [6.07, 6.45) is 32.2. The number of unbranched alkanes of at least 4 members (excludes halogenated alkanes) is 23. The molecule has 306 valence electrons. The number of nitrogens with one attached hydrogen (secondary N) is 1. The number of hydrogen-bond donors (Lipinski definition) is 6. The van der Waals surface area contributed by atoms with E-state index in [1.165, 1.54) is 109 Å². The number of aliphatic hydroxyl groups excluding tert-OH is 5. The minimum atomic E-state index is -1.56. The van der Waals surface area contributed by atoms with Gasteiger partial charge < -0.3 is 40.3 Å². The predicted molar refractivity (Wildman–Crippen MR) is 212 cm³/mol. The van der Waals surface area contributed by atoms with Gasteiger partial charge in [0.05, 0.1) is 25.4 Å². The lowest BCUT2D eigenvalue weighted by Crippen LogP contribution is -2.60. The number of carbonyl (C=O) groups is 1. The van der Waals surface area contributed by atoms with E-state index in [1.54, 1.807) is 6.08 Å². The first-order valence-corrected chi connectivity index (χ1v) is 21.6. The topological polar surface area (TPSA) is 149 Å². The molecule has 0 aromatic heterocycles. The second-order valence-corrected chi connectivity index (χ2v) is 15.1. The fraction of sp³-hybridized carbons (Fsp3) is 0.884. The number of amides is 1. The van der Waals surface area contributed by atoms with E-state index in [9.17, 15) is 30.3 Å². The van der Waals surface area contributed by atoms with Crippen molar-refractivity contribution < 1.29 is 39.8 Å². The monoisotopic (exact) mass is 740 g/mol. The molecule has 7 unspecified atom stereocenters. The average Bonchev–Trinajstić information content (AvgIpc) is 3.14. The molecule has 1 aliphatic heterocycles. The van der Waals surface area contributed by atoms with Crippen LogP contribution < -0.4 is 5.32 Å². The second-order valence-electron chi connectivity index (χ2n) is 15.1. The highest BCUT2D eigenvalue weighted by atomic mass is 16.7. The Hall–Kier alpha value is -1.33. The second kappa shape index (κ2) is 34.2. The van der Waals surface area contributed by atoms with Crippen LogP contribution in [0.1, 0.15) is 187 Å². The van der Waals surface area contributed by atoms with E-state index >= 15 is 0 Å². The van der Waals surface area contributed by atoms with Crippen molar-refractivity contribution in [3.05, 3.63) is 24.3 Å². The Kier molecular flexibility index (Phi) is 32.0. The molecule has 1 rings (SSSR count). The van der Waals surface area contributed by atoms with Gasteiger partial charge in [-0.05, 0) is 44.9 Å². The minimum Gasteiger partial charge on any atom is -0.394 e. The molecule has 1 fully saturated rings. The van der Waals surface area contributed by atoms with Crippen LogP contribution in [0.15, 0.2) is 24.3 Å². The predicted octanol–water partition coefficient (Wildman–Crippen LogP) is 8.33. The zero-order valence-corrected chi connectivity index (χ0v) is 33.3. The summed E-state index contributed by atoms with van der Waals surface area (Å²) in [4.78, 5) is 12.9. The van der Waals surface area contributed by atoms with Crippen LogP contribution in [0.4, 0.5) is 0 Å². The van der Waals surface area contributed by atoms with Gasteiger partial charge in [0.1, 0.15) is 24.4 Å². The summed E-state index contributed by atoms with van der Waals surface area (Å²) in [5.41, 5.74) is 0. The first kappa shape index (κ1) is 48.7. The van der Waals surface area contributed by atoms with Crippen LogP contribution in [0.25, 0.3) is 0 Å².